The molecule has 1 heterocycles. The molecule has 0 unspecified atom stereocenters. The van der Waals surface area contributed by atoms with Crippen LogP contribution in [0, 0.1) is 13.8 Å². The molecule has 1 aromatic heterocycles. The SMILES string of the molecule is CCC(CC)NCCSc1nc(C)c(C)o1. The van der Waals surface area contributed by atoms with Gasteiger partial charge < -0.3 is 9.73 Å². The standard InChI is InChI=1S/C12H22N2OS/c1-5-11(6-2)13-7-8-16-12-14-9(3)10(4)15-12/h11,13H,5-8H2,1-4H3. The fraction of sp³-hybridized carbons (Fsp3) is 0.750. The lowest BCUT2D eigenvalue weighted by Crippen LogP contribution is -2.29. The van der Waals surface area contributed by atoms with Crippen molar-refractivity contribution in [3.8, 4) is 0 Å². The van der Waals surface area contributed by atoms with Crippen LogP contribution in [-0.4, -0.2) is 23.3 Å². The van der Waals surface area contributed by atoms with Crippen molar-refractivity contribution in [1.29, 1.82) is 0 Å². The van der Waals surface area contributed by atoms with Gasteiger partial charge in [-0.05, 0) is 26.7 Å². The maximum absolute atomic E-state index is 5.50. The predicted molar refractivity (Wildman–Crippen MR) is 69.1 cm³/mol. The van der Waals surface area contributed by atoms with E-state index in [1.54, 1.807) is 11.8 Å². The van der Waals surface area contributed by atoms with Gasteiger partial charge in [-0.25, -0.2) is 4.98 Å². The van der Waals surface area contributed by atoms with E-state index < -0.39 is 0 Å². The third-order valence-corrected chi connectivity index (χ3v) is 3.58. The van der Waals surface area contributed by atoms with Gasteiger partial charge in [0.25, 0.3) is 5.22 Å². The minimum atomic E-state index is 0.647. The van der Waals surface area contributed by atoms with Gasteiger partial charge in [-0.2, -0.15) is 0 Å². The van der Waals surface area contributed by atoms with Crippen molar-refractivity contribution in [3.05, 3.63) is 11.5 Å². The number of hydrogen-bond acceptors (Lipinski definition) is 4. The Balaban J connectivity index is 2.20. The molecule has 0 aliphatic heterocycles. The Bertz CT molecular complexity index is 288. The third-order valence-electron chi connectivity index (χ3n) is 2.76. The molecule has 0 aliphatic rings. The fourth-order valence-corrected chi connectivity index (χ4v) is 2.26. The van der Waals surface area contributed by atoms with Crippen molar-refractivity contribution in [2.24, 2.45) is 0 Å². The zero-order valence-corrected chi connectivity index (χ0v) is 11.5. The first kappa shape index (κ1) is 13.6. The van der Waals surface area contributed by atoms with Gasteiger partial charge in [0.1, 0.15) is 5.76 Å². The second kappa shape index (κ2) is 6.97. The fourth-order valence-electron chi connectivity index (χ4n) is 1.48. The molecule has 0 spiro atoms. The first-order valence-electron chi connectivity index (χ1n) is 5.97. The molecule has 0 fully saturated rings. The first-order valence-corrected chi connectivity index (χ1v) is 6.96. The van der Waals surface area contributed by atoms with Crippen LogP contribution in [0.1, 0.15) is 38.1 Å². The number of thioether (sulfide) groups is 1. The average molecular weight is 242 g/mol. The molecule has 1 N–H and O–H groups in total. The van der Waals surface area contributed by atoms with Crippen molar-refractivity contribution in [2.75, 3.05) is 12.3 Å². The van der Waals surface area contributed by atoms with Crippen LogP contribution in [0.4, 0.5) is 0 Å². The molecule has 0 aromatic carbocycles. The van der Waals surface area contributed by atoms with Gasteiger partial charge in [0.2, 0.25) is 0 Å². The van der Waals surface area contributed by atoms with E-state index in [-0.39, 0.29) is 0 Å². The number of rotatable bonds is 7. The minimum absolute atomic E-state index is 0.647. The van der Waals surface area contributed by atoms with Crippen molar-refractivity contribution < 1.29 is 4.42 Å². The summed E-state index contributed by atoms with van der Waals surface area (Å²) in [7, 11) is 0. The van der Waals surface area contributed by atoms with E-state index >= 15 is 0 Å². The molecule has 92 valence electrons. The lowest BCUT2D eigenvalue weighted by molar-refractivity contribution is 0.430. The van der Waals surface area contributed by atoms with Crippen LogP contribution < -0.4 is 5.32 Å². The number of nitrogens with zero attached hydrogens (tertiary/aromatic N) is 1. The molecular weight excluding hydrogens is 220 g/mol. The number of aryl methyl sites for hydroxylation is 2. The number of aromatic nitrogens is 1. The van der Waals surface area contributed by atoms with Crippen LogP contribution in [0.2, 0.25) is 0 Å². The molecule has 0 amide bonds. The molecule has 0 atom stereocenters. The van der Waals surface area contributed by atoms with E-state index in [1.807, 2.05) is 13.8 Å². The van der Waals surface area contributed by atoms with E-state index in [2.05, 4.69) is 24.1 Å². The molecule has 0 saturated heterocycles. The summed E-state index contributed by atoms with van der Waals surface area (Å²) in [6.45, 7) is 9.38. The smallest absolute Gasteiger partial charge is 0.256 e. The molecule has 0 bridgehead atoms. The maximum Gasteiger partial charge on any atom is 0.256 e. The van der Waals surface area contributed by atoms with E-state index in [0.29, 0.717) is 6.04 Å². The summed E-state index contributed by atoms with van der Waals surface area (Å²) in [6.07, 6.45) is 2.39. The van der Waals surface area contributed by atoms with Gasteiger partial charge >= 0.3 is 0 Å². The molecule has 16 heavy (non-hydrogen) atoms. The molecular formula is C12H22N2OS. The largest absolute Gasteiger partial charge is 0.437 e. The first-order chi connectivity index (χ1) is 7.67. The summed E-state index contributed by atoms with van der Waals surface area (Å²) >= 11 is 1.68. The minimum Gasteiger partial charge on any atom is -0.437 e. The van der Waals surface area contributed by atoms with Gasteiger partial charge in [-0.1, -0.05) is 25.6 Å². The Morgan fingerprint density at radius 2 is 2.00 bits per heavy atom. The van der Waals surface area contributed by atoms with Gasteiger partial charge in [-0.3, -0.25) is 0 Å². The zero-order chi connectivity index (χ0) is 12.0. The summed E-state index contributed by atoms with van der Waals surface area (Å²) in [4.78, 5) is 4.34. The number of oxazole rings is 1. The monoisotopic (exact) mass is 242 g/mol. The van der Waals surface area contributed by atoms with Gasteiger partial charge in [0, 0.05) is 18.3 Å². The Morgan fingerprint density at radius 1 is 1.31 bits per heavy atom. The molecule has 0 saturated carbocycles. The predicted octanol–water partition coefficient (Wildman–Crippen LogP) is 3.16. The van der Waals surface area contributed by atoms with Crippen LogP contribution in [0.5, 0.6) is 0 Å². The second-order valence-electron chi connectivity index (χ2n) is 3.94. The molecule has 3 nitrogen and oxygen atoms in total. The van der Waals surface area contributed by atoms with E-state index in [4.69, 9.17) is 4.42 Å². The number of hydrogen-bond donors (Lipinski definition) is 1. The molecule has 4 heteroatoms. The molecule has 1 aromatic rings. The van der Waals surface area contributed by atoms with Gasteiger partial charge in [0.15, 0.2) is 0 Å². The van der Waals surface area contributed by atoms with Crippen molar-refractivity contribution >= 4 is 11.8 Å². The van der Waals surface area contributed by atoms with Crippen LogP contribution in [0.25, 0.3) is 0 Å². The quantitative estimate of drug-likeness (QED) is 0.589. The summed E-state index contributed by atoms with van der Waals surface area (Å²) in [6, 6.07) is 0.647. The maximum atomic E-state index is 5.50. The van der Waals surface area contributed by atoms with Crippen molar-refractivity contribution in [1.82, 2.24) is 10.3 Å². The Kier molecular flexibility index (Phi) is 5.91. The average Bonchev–Trinajstić information content (AvgIpc) is 2.59. The van der Waals surface area contributed by atoms with Crippen LogP contribution >= 0.6 is 11.8 Å². The van der Waals surface area contributed by atoms with Crippen LogP contribution in [-0.2, 0) is 0 Å². The highest BCUT2D eigenvalue weighted by atomic mass is 32.2. The summed E-state index contributed by atoms with van der Waals surface area (Å²) < 4.78 is 5.50. The van der Waals surface area contributed by atoms with Crippen LogP contribution in [0.15, 0.2) is 9.64 Å². The van der Waals surface area contributed by atoms with E-state index in [9.17, 15) is 0 Å². The van der Waals surface area contributed by atoms with E-state index in [1.165, 1.54) is 12.8 Å². The lowest BCUT2D eigenvalue weighted by Gasteiger charge is -2.13. The normalized spacial score (nSPS) is 11.3. The highest BCUT2D eigenvalue weighted by Gasteiger charge is 2.06. The zero-order valence-electron chi connectivity index (χ0n) is 10.7. The Labute approximate surface area is 102 Å². The van der Waals surface area contributed by atoms with E-state index in [0.717, 1.165) is 29.0 Å². The summed E-state index contributed by atoms with van der Waals surface area (Å²) in [5.41, 5.74) is 0.996. The summed E-state index contributed by atoms with van der Waals surface area (Å²) in [5, 5.41) is 4.31. The molecule has 1 rings (SSSR count). The third kappa shape index (κ3) is 4.18. The Hall–Kier alpha value is -0.480. The highest BCUT2D eigenvalue weighted by molar-refractivity contribution is 7.99. The second-order valence-corrected chi connectivity index (χ2v) is 4.98. The van der Waals surface area contributed by atoms with Gasteiger partial charge in [-0.15, -0.1) is 0 Å². The lowest BCUT2D eigenvalue weighted by atomic mass is 10.2. The van der Waals surface area contributed by atoms with Crippen LogP contribution in [0.3, 0.4) is 0 Å². The van der Waals surface area contributed by atoms with Crippen molar-refractivity contribution in [2.45, 2.75) is 51.8 Å². The van der Waals surface area contributed by atoms with Gasteiger partial charge in [0.05, 0.1) is 5.69 Å². The number of nitrogens with one attached hydrogen (secondary N) is 1. The Morgan fingerprint density at radius 3 is 2.50 bits per heavy atom. The summed E-state index contributed by atoms with van der Waals surface area (Å²) in [5.74, 6) is 1.94. The topological polar surface area (TPSA) is 38.1 Å². The molecule has 0 radical (unpaired) electrons. The molecule has 0 aliphatic carbocycles. The highest BCUT2D eigenvalue weighted by Crippen LogP contribution is 2.19. The van der Waals surface area contributed by atoms with Crippen molar-refractivity contribution in [3.63, 3.8) is 0 Å².